The summed E-state index contributed by atoms with van der Waals surface area (Å²) in [6, 6.07) is 0. The molecule has 0 amide bonds. The first-order valence-electron chi connectivity index (χ1n) is 3.87. The van der Waals surface area contributed by atoms with E-state index in [1.165, 1.54) is 6.42 Å². The standard InChI is InChI=1S/C7H14BNO/c1-7(8,10)9-5-3-2-4-6-9/h10H,2-6H2,1H3. The minimum absolute atomic E-state index is 0.934. The Bertz CT molecular complexity index is 105. The van der Waals surface area contributed by atoms with Gasteiger partial charge in [-0.05, 0) is 19.8 Å². The van der Waals surface area contributed by atoms with Gasteiger partial charge in [0, 0.05) is 13.1 Å². The predicted molar refractivity (Wildman–Crippen MR) is 41.8 cm³/mol. The molecule has 56 valence electrons. The van der Waals surface area contributed by atoms with Gasteiger partial charge in [0.2, 0.25) is 0 Å². The van der Waals surface area contributed by atoms with Crippen LogP contribution in [0.5, 0.6) is 0 Å². The van der Waals surface area contributed by atoms with Gasteiger partial charge in [-0.3, -0.25) is 4.90 Å². The zero-order valence-electron chi connectivity index (χ0n) is 6.51. The summed E-state index contributed by atoms with van der Waals surface area (Å²) in [5, 5.41) is 9.35. The third-order valence-electron chi connectivity index (χ3n) is 2.00. The first-order chi connectivity index (χ1) is 4.61. The molecule has 0 bridgehead atoms. The van der Waals surface area contributed by atoms with Crippen molar-refractivity contribution in [1.29, 1.82) is 0 Å². The fraction of sp³-hybridized carbons (Fsp3) is 1.00. The van der Waals surface area contributed by atoms with Crippen LogP contribution in [0.2, 0.25) is 0 Å². The van der Waals surface area contributed by atoms with Crippen molar-refractivity contribution in [3.8, 4) is 0 Å². The third-order valence-corrected chi connectivity index (χ3v) is 2.00. The van der Waals surface area contributed by atoms with Crippen LogP contribution in [-0.4, -0.2) is 36.6 Å². The van der Waals surface area contributed by atoms with Crippen molar-refractivity contribution in [3.05, 3.63) is 0 Å². The lowest BCUT2D eigenvalue weighted by Crippen LogP contribution is -2.49. The molecule has 0 saturated carbocycles. The Morgan fingerprint density at radius 2 is 1.80 bits per heavy atom. The van der Waals surface area contributed by atoms with Crippen molar-refractivity contribution in [2.75, 3.05) is 13.1 Å². The highest BCUT2D eigenvalue weighted by molar-refractivity contribution is 6.13. The number of hydrogen-bond acceptors (Lipinski definition) is 2. The van der Waals surface area contributed by atoms with Crippen molar-refractivity contribution in [2.45, 2.75) is 31.8 Å². The molecule has 1 saturated heterocycles. The van der Waals surface area contributed by atoms with Crippen molar-refractivity contribution >= 4 is 7.85 Å². The quantitative estimate of drug-likeness (QED) is 0.528. The molecule has 1 unspecified atom stereocenters. The summed E-state index contributed by atoms with van der Waals surface area (Å²) in [6.07, 6.45) is 3.59. The van der Waals surface area contributed by atoms with Crippen LogP contribution in [0.15, 0.2) is 0 Å². The van der Waals surface area contributed by atoms with Crippen LogP contribution in [0.4, 0.5) is 0 Å². The highest BCUT2D eigenvalue weighted by Crippen LogP contribution is 2.15. The SMILES string of the molecule is [B]C(C)(O)N1CCCCC1. The van der Waals surface area contributed by atoms with Gasteiger partial charge < -0.3 is 5.11 Å². The van der Waals surface area contributed by atoms with Gasteiger partial charge in [0.15, 0.2) is 0 Å². The van der Waals surface area contributed by atoms with E-state index in [1.807, 2.05) is 4.90 Å². The van der Waals surface area contributed by atoms with E-state index >= 15 is 0 Å². The minimum atomic E-state index is -1.10. The molecule has 1 atom stereocenters. The molecular weight excluding hydrogens is 125 g/mol. The normalized spacial score (nSPS) is 27.8. The van der Waals surface area contributed by atoms with Crippen LogP contribution in [0.25, 0.3) is 0 Å². The van der Waals surface area contributed by atoms with Crippen LogP contribution in [0.3, 0.4) is 0 Å². The van der Waals surface area contributed by atoms with Gasteiger partial charge in [-0.15, -0.1) is 0 Å². The Hall–Kier alpha value is -0.0151. The lowest BCUT2D eigenvalue weighted by Gasteiger charge is -2.37. The van der Waals surface area contributed by atoms with Gasteiger partial charge >= 0.3 is 0 Å². The second-order valence-corrected chi connectivity index (χ2v) is 3.14. The molecule has 1 rings (SSSR count). The minimum Gasteiger partial charge on any atom is -0.385 e. The Labute approximate surface area is 63.6 Å². The monoisotopic (exact) mass is 139 g/mol. The van der Waals surface area contributed by atoms with Crippen molar-refractivity contribution in [2.24, 2.45) is 0 Å². The van der Waals surface area contributed by atoms with E-state index in [9.17, 15) is 5.11 Å². The van der Waals surface area contributed by atoms with Crippen LogP contribution in [0.1, 0.15) is 26.2 Å². The average molecular weight is 139 g/mol. The highest BCUT2D eigenvalue weighted by Gasteiger charge is 2.23. The molecule has 0 aromatic rings. The van der Waals surface area contributed by atoms with Gasteiger partial charge in [0.25, 0.3) is 0 Å². The summed E-state index contributed by atoms with van der Waals surface area (Å²) < 4.78 is 0. The molecule has 1 aliphatic rings. The summed E-state index contributed by atoms with van der Waals surface area (Å²) in [5.41, 5.74) is -1.10. The van der Waals surface area contributed by atoms with E-state index in [0.717, 1.165) is 25.9 Å². The van der Waals surface area contributed by atoms with Crippen LogP contribution < -0.4 is 0 Å². The Morgan fingerprint density at radius 1 is 1.30 bits per heavy atom. The molecule has 2 radical (unpaired) electrons. The summed E-state index contributed by atoms with van der Waals surface area (Å²) in [5.74, 6) is 0. The van der Waals surface area contributed by atoms with E-state index < -0.39 is 5.62 Å². The van der Waals surface area contributed by atoms with Crippen molar-refractivity contribution < 1.29 is 5.11 Å². The number of nitrogens with zero attached hydrogens (tertiary/aromatic N) is 1. The highest BCUT2D eigenvalue weighted by atomic mass is 16.3. The van der Waals surface area contributed by atoms with E-state index in [1.54, 1.807) is 6.92 Å². The Balaban J connectivity index is 2.39. The summed E-state index contributed by atoms with van der Waals surface area (Å²) in [4.78, 5) is 1.91. The Morgan fingerprint density at radius 3 is 2.10 bits per heavy atom. The topological polar surface area (TPSA) is 23.5 Å². The molecule has 0 aromatic carbocycles. The average Bonchev–Trinajstić information content (AvgIpc) is 1.88. The van der Waals surface area contributed by atoms with Gasteiger partial charge in [0.1, 0.15) is 7.85 Å². The molecule has 0 aromatic heterocycles. The molecule has 10 heavy (non-hydrogen) atoms. The third kappa shape index (κ3) is 1.99. The fourth-order valence-corrected chi connectivity index (χ4v) is 1.35. The van der Waals surface area contributed by atoms with Gasteiger partial charge in [0.05, 0.1) is 5.62 Å². The van der Waals surface area contributed by atoms with Gasteiger partial charge in [-0.2, -0.15) is 0 Å². The first-order valence-corrected chi connectivity index (χ1v) is 3.87. The predicted octanol–water partition coefficient (Wildman–Crippen LogP) is 0.307. The summed E-state index contributed by atoms with van der Waals surface area (Å²) in [6.45, 7) is 3.51. The number of aliphatic hydroxyl groups is 1. The fourth-order valence-electron chi connectivity index (χ4n) is 1.35. The lowest BCUT2D eigenvalue weighted by atomic mass is 9.89. The summed E-state index contributed by atoms with van der Waals surface area (Å²) in [7, 11) is 5.49. The van der Waals surface area contributed by atoms with E-state index in [0.29, 0.717) is 0 Å². The van der Waals surface area contributed by atoms with Crippen LogP contribution in [-0.2, 0) is 0 Å². The number of piperidine rings is 1. The molecule has 1 aliphatic heterocycles. The van der Waals surface area contributed by atoms with Crippen molar-refractivity contribution in [3.63, 3.8) is 0 Å². The van der Waals surface area contributed by atoms with Gasteiger partial charge in [-0.1, -0.05) is 6.42 Å². The first kappa shape index (κ1) is 8.09. The smallest absolute Gasteiger partial charge is 0.135 e. The summed E-state index contributed by atoms with van der Waals surface area (Å²) >= 11 is 0. The molecular formula is C7H14BNO. The lowest BCUT2D eigenvalue weighted by molar-refractivity contribution is -0.0324. The van der Waals surface area contributed by atoms with E-state index in [2.05, 4.69) is 0 Å². The molecule has 0 spiro atoms. The largest absolute Gasteiger partial charge is 0.385 e. The number of hydrogen-bond donors (Lipinski definition) is 1. The molecule has 2 nitrogen and oxygen atoms in total. The second-order valence-electron chi connectivity index (χ2n) is 3.14. The zero-order valence-corrected chi connectivity index (χ0v) is 6.51. The van der Waals surface area contributed by atoms with Gasteiger partial charge in [-0.25, -0.2) is 0 Å². The maximum atomic E-state index is 9.35. The maximum Gasteiger partial charge on any atom is 0.135 e. The molecule has 1 N–H and O–H groups in total. The second kappa shape index (κ2) is 2.93. The zero-order chi connectivity index (χ0) is 7.61. The van der Waals surface area contributed by atoms with Crippen molar-refractivity contribution in [1.82, 2.24) is 4.90 Å². The van der Waals surface area contributed by atoms with E-state index in [4.69, 9.17) is 7.85 Å². The van der Waals surface area contributed by atoms with E-state index in [-0.39, 0.29) is 0 Å². The maximum absolute atomic E-state index is 9.35. The number of likely N-dealkylation sites (tertiary alicyclic amines) is 1. The Kier molecular flexibility index (Phi) is 2.37. The van der Waals surface area contributed by atoms with Crippen LogP contribution in [0, 0.1) is 0 Å². The molecule has 1 fully saturated rings. The molecule has 3 heteroatoms. The molecule has 1 heterocycles. The van der Waals surface area contributed by atoms with Crippen LogP contribution >= 0.6 is 0 Å². The molecule has 0 aliphatic carbocycles. The number of rotatable bonds is 1.